The van der Waals surface area contributed by atoms with E-state index in [-0.39, 0.29) is 23.7 Å². The number of aromatic nitrogens is 2. The fraction of sp³-hybridized carbons (Fsp3) is 0.222. The van der Waals surface area contributed by atoms with Gasteiger partial charge in [0.25, 0.3) is 5.56 Å². The molecule has 2 aromatic heterocycles. The highest BCUT2D eigenvalue weighted by Crippen LogP contribution is 2.25. The lowest BCUT2D eigenvalue weighted by molar-refractivity contribution is -0.124. The van der Waals surface area contributed by atoms with Crippen LogP contribution in [0, 0.1) is 19.7 Å². The van der Waals surface area contributed by atoms with Crippen molar-refractivity contribution >= 4 is 50.7 Å². The van der Waals surface area contributed by atoms with E-state index in [0.29, 0.717) is 15.9 Å². The zero-order chi connectivity index (χ0) is 20.4. The van der Waals surface area contributed by atoms with Crippen LogP contribution in [0.4, 0.5) is 10.1 Å². The average Bonchev–Trinajstić information content (AvgIpc) is 2.94. The van der Waals surface area contributed by atoms with E-state index in [1.807, 2.05) is 13.8 Å². The quantitative estimate of drug-likeness (QED) is 0.661. The van der Waals surface area contributed by atoms with Crippen LogP contribution in [0.3, 0.4) is 0 Å². The molecule has 2 amide bonds. The number of carbonyl (C=O) groups excluding carboxylic acids is 2. The Morgan fingerprint density at radius 3 is 2.75 bits per heavy atom. The molecule has 0 saturated heterocycles. The van der Waals surface area contributed by atoms with Crippen LogP contribution in [0.25, 0.3) is 10.2 Å². The SMILES string of the molecule is Cc1sc2ncn(CC(=O)NCC(=O)Nc3ccc(F)c(Cl)c3)c(=O)c2c1C. The Labute approximate surface area is 168 Å². The highest BCUT2D eigenvalue weighted by molar-refractivity contribution is 7.18. The lowest BCUT2D eigenvalue weighted by Crippen LogP contribution is -2.37. The molecule has 3 rings (SSSR count). The summed E-state index contributed by atoms with van der Waals surface area (Å²) in [4.78, 5) is 42.4. The third-order valence-electron chi connectivity index (χ3n) is 4.12. The fourth-order valence-corrected chi connectivity index (χ4v) is 3.72. The van der Waals surface area contributed by atoms with E-state index >= 15 is 0 Å². The number of carbonyl (C=O) groups is 2. The van der Waals surface area contributed by atoms with Gasteiger partial charge in [-0.05, 0) is 37.6 Å². The molecule has 1 aromatic carbocycles. The number of hydrogen-bond acceptors (Lipinski definition) is 5. The van der Waals surface area contributed by atoms with Crippen LogP contribution in [0.1, 0.15) is 10.4 Å². The average molecular weight is 423 g/mol. The third kappa shape index (κ3) is 4.20. The van der Waals surface area contributed by atoms with E-state index < -0.39 is 17.6 Å². The van der Waals surface area contributed by atoms with Crippen molar-refractivity contribution in [3.05, 3.63) is 56.2 Å². The normalized spacial score (nSPS) is 10.9. The van der Waals surface area contributed by atoms with Gasteiger partial charge in [0.05, 0.1) is 23.3 Å². The number of amides is 2. The number of rotatable bonds is 5. The van der Waals surface area contributed by atoms with Crippen LogP contribution in [-0.2, 0) is 16.1 Å². The highest BCUT2D eigenvalue weighted by atomic mass is 35.5. The first-order valence-corrected chi connectivity index (χ1v) is 9.42. The fourth-order valence-electron chi connectivity index (χ4n) is 2.55. The first-order valence-electron chi connectivity index (χ1n) is 8.23. The van der Waals surface area contributed by atoms with Crippen molar-refractivity contribution in [3.8, 4) is 0 Å². The van der Waals surface area contributed by atoms with Crippen molar-refractivity contribution in [1.29, 1.82) is 0 Å². The van der Waals surface area contributed by atoms with Crippen molar-refractivity contribution in [2.75, 3.05) is 11.9 Å². The highest BCUT2D eigenvalue weighted by Gasteiger charge is 2.14. The van der Waals surface area contributed by atoms with E-state index in [1.54, 1.807) is 0 Å². The number of benzene rings is 1. The second-order valence-electron chi connectivity index (χ2n) is 6.09. The summed E-state index contributed by atoms with van der Waals surface area (Å²) in [5.41, 5.74) is 0.858. The van der Waals surface area contributed by atoms with Crippen molar-refractivity contribution in [2.24, 2.45) is 0 Å². The maximum absolute atomic E-state index is 13.1. The second-order valence-corrected chi connectivity index (χ2v) is 7.71. The number of hydrogen-bond donors (Lipinski definition) is 2. The smallest absolute Gasteiger partial charge is 0.262 e. The topological polar surface area (TPSA) is 93.1 Å². The number of halogens is 2. The molecule has 0 fully saturated rings. The monoisotopic (exact) mass is 422 g/mol. The van der Waals surface area contributed by atoms with Crippen molar-refractivity contribution in [1.82, 2.24) is 14.9 Å². The van der Waals surface area contributed by atoms with Gasteiger partial charge in [0.1, 0.15) is 17.2 Å². The minimum Gasteiger partial charge on any atom is -0.345 e. The molecule has 0 aliphatic carbocycles. The van der Waals surface area contributed by atoms with Gasteiger partial charge >= 0.3 is 0 Å². The minimum absolute atomic E-state index is 0.122. The molecular formula is C18H16ClFN4O3S. The summed E-state index contributed by atoms with van der Waals surface area (Å²) in [5, 5.41) is 5.30. The van der Waals surface area contributed by atoms with Gasteiger partial charge in [-0.2, -0.15) is 0 Å². The van der Waals surface area contributed by atoms with Crippen LogP contribution in [0.5, 0.6) is 0 Å². The second kappa shape index (κ2) is 8.07. The Kier molecular flexibility index (Phi) is 5.76. The standard InChI is InChI=1S/C18H16ClFN4O3S/c1-9-10(2)28-17-16(9)18(27)24(8-22-17)7-15(26)21-6-14(25)23-11-3-4-13(20)12(19)5-11/h3-5,8H,6-7H2,1-2H3,(H,21,26)(H,23,25). The lowest BCUT2D eigenvalue weighted by atomic mass is 10.2. The van der Waals surface area contributed by atoms with Crippen LogP contribution in [0.2, 0.25) is 5.02 Å². The summed E-state index contributed by atoms with van der Waals surface area (Å²) in [6.07, 6.45) is 1.32. The first-order chi connectivity index (χ1) is 13.3. The van der Waals surface area contributed by atoms with Crippen LogP contribution < -0.4 is 16.2 Å². The predicted molar refractivity (Wildman–Crippen MR) is 106 cm³/mol. The predicted octanol–water partition coefficient (Wildman–Crippen LogP) is 2.62. The van der Waals surface area contributed by atoms with Crippen LogP contribution in [0.15, 0.2) is 29.3 Å². The molecule has 2 heterocycles. The molecular weight excluding hydrogens is 407 g/mol. The molecule has 0 unspecified atom stereocenters. The maximum Gasteiger partial charge on any atom is 0.262 e. The van der Waals surface area contributed by atoms with Crippen molar-refractivity contribution < 1.29 is 14.0 Å². The van der Waals surface area contributed by atoms with Gasteiger partial charge < -0.3 is 10.6 Å². The number of anilines is 1. The van der Waals surface area contributed by atoms with Gasteiger partial charge in [-0.25, -0.2) is 9.37 Å². The Hall–Kier alpha value is -2.78. The molecule has 0 bridgehead atoms. The molecule has 0 saturated carbocycles. The number of fused-ring (bicyclic) bond motifs is 1. The Morgan fingerprint density at radius 1 is 1.29 bits per heavy atom. The summed E-state index contributed by atoms with van der Waals surface area (Å²) < 4.78 is 14.3. The Morgan fingerprint density at radius 2 is 2.04 bits per heavy atom. The maximum atomic E-state index is 13.1. The summed E-state index contributed by atoms with van der Waals surface area (Å²) in [6, 6.07) is 3.75. The van der Waals surface area contributed by atoms with Gasteiger partial charge in [0, 0.05) is 10.6 Å². The minimum atomic E-state index is -0.597. The number of nitrogens with zero attached hydrogens (tertiary/aromatic N) is 2. The largest absolute Gasteiger partial charge is 0.345 e. The summed E-state index contributed by atoms with van der Waals surface area (Å²) in [7, 11) is 0. The van der Waals surface area contributed by atoms with Crippen molar-refractivity contribution in [2.45, 2.75) is 20.4 Å². The van der Waals surface area contributed by atoms with Gasteiger partial charge in [0.2, 0.25) is 11.8 Å². The Bertz CT molecular complexity index is 1140. The van der Waals surface area contributed by atoms with E-state index in [1.165, 1.54) is 34.4 Å². The summed E-state index contributed by atoms with van der Waals surface area (Å²) in [5.74, 6) is -1.62. The number of aryl methyl sites for hydroxylation is 2. The van der Waals surface area contributed by atoms with Crippen LogP contribution >= 0.6 is 22.9 Å². The van der Waals surface area contributed by atoms with E-state index in [4.69, 9.17) is 11.6 Å². The molecule has 2 N–H and O–H groups in total. The molecule has 0 aliphatic rings. The molecule has 10 heteroatoms. The first kappa shape index (κ1) is 20.0. The molecule has 0 radical (unpaired) electrons. The molecule has 0 spiro atoms. The Balaban J connectivity index is 1.61. The van der Waals surface area contributed by atoms with Gasteiger partial charge in [-0.1, -0.05) is 11.6 Å². The molecule has 0 aliphatic heterocycles. The van der Waals surface area contributed by atoms with Gasteiger partial charge in [-0.15, -0.1) is 11.3 Å². The summed E-state index contributed by atoms with van der Waals surface area (Å²) >= 11 is 7.08. The molecule has 3 aromatic rings. The van der Waals surface area contributed by atoms with E-state index in [2.05, 4.69) is 15.6 Å². The zero-order valence-corrected chi connectivity index (χ0v) is 16.6. The third-order valence-corrected chi connectivity index (χ3v) is 5.52. The molecule has 28 heavy (non-hydrogen) atoms. The van der Waals surface area contributed by atoms with E-state index in [9.17, 15) is 18.8 Å². The van der Waals surface area contributed by atoms with Crippen molar-refractivity contribution in [3.63, 3.8) is 0 Å². The number of nitrogens with one attached hydrogen (secondary N) is 2. The summed E-state index contributed by atoms with van der Waals surface area (Å²) in [6.45, 7) is 3.18. The van der Waals surface area contributed by atoms with E-state index in [0.717, 1.165) is 16.5 Å². The molecule has 7 nitrogen and oxygen atoms in total. The zero-order valence-electron chi connectivity index (χ0n) is 15.0. The molecule has 0 atom stereocenters. The lowest BCUT2D eigenvalue weighted by Gasteiger charge is -2.09. The van der Waals surface area contributed by atoms with Gasteiger partial charge in [0.15, 0.2) is 0 Å². The van der Waals surface area contributed by atoms with Gasteiger partial charge in [-0.3, -0.25) is 19.0 Å². The van der Waals surface area contributed by atoms with Crippen LogP contribution in [-0.4, -0.2) is 27.9 Å². The molecule has 146 valence electrons. The number of thiophene rings is 1.